The van der Waals surface area contributed by atoms with Gasteiger partial charge in [0, 0.05) is 5.75 Å². The van der Waals surface area contributed by atoms with Crippen LogP contribution >= 0.6 is 35.1 Å². The number of aliphatic hydroxyl groups excluding tert-OH is 1. The van der Waals surface area contributed by atoms with Crippen LogP contribution in [0.3, 0.4) is 0 Å². The normalized spacial score (nSPS) is 14.5. The summed E-state index contributed by atoms with van der Waals surface area (Å²) in [5, 5.41) is 8.48. The summed E-state index contributed by atoms with van der Waals surface area (Å²) in [4.78, 5) is 0. The smallest absolute Gasteiger partial charge is 0.118 e. The highest BCUT2D eigenvalue weighted by atomic mass is 33.1. The topological polar surface area (TPSA) is 20.2 Å². The van der Waals surface area contributed by atoms with Crippen molar-refractivity contribution in [2.24, 2.45) is 0 Å². The molecule has 0 spiro atoms. The van der Waals surface area contributed by atoms with E-state index in [2.05, 4.69) is 24.3 Å². The van der Waals surface area contributed by atoms with Gasteiger partial charge in [-0.3, -0.25) is 0 Å². The molecule has 0 radical (unpaired) electrons. The lowest BCUT2D eigenvalue weighted by Crippen LogP contribution is -1.97. The second-order valence-electron chi connectivity index (χ2n) is 0.743. The SMILES string of the molecule is OC(CS)SS. The highest BCUT2D eigenvalue weighted by Crippen LogP contribution is 2.11. The van der Waals surface area contributed by atoms with Crippen LogP contribution in [0, 0.1) is 0 Å². The zero-order valence-corrected chi connectivity index (χ0v) is 5.64. The van der Waals surface area contributed by atoms with Crippen LogP contribution in [-0.4, -0.2) is 16.3 Å². The molecule has 0 fully saturated rings. The molecule has 1 N–H and O–H groups in total. The zero-order valence-electron chi connectivity index (χ0n) is 3.03. The molecule has 0 aliphatic rings. The van der Waals surface area contributed by atoms with Gasteiger partial charge in [0.15, 0.2) is 0 Å². The summed E-state index contributed by atoms with van der Waals surface area (Å²) in [6, 6.07) is 0. The standard InChI is InChI=1S/C2H6OS3/c3-2(1-4)6-5/h2-5H,1H2. The van der Waals surface area contributed by atoms with Crippen LogP contribution in [0.5, 0.6) is 0 Å². The highest BCUT2D eigenvalue weighted by molar-refractivity contribution is 8.68. The predicted octanol–water partition coefficient (Wildman–Crippen LogP) is 0.813. The minimum atomic E-state index is -0.420. The van der Waals surface area contributed by atoms with E-state index in [0.717, 1.165) is 10.8 Å². The largest absolute Gasteiger partial charge is 0.381 e. The van der Waals surface area contributed by atoms with E-state index in [0.29, 0.717) is 5.75 Å². The third-order valence-electron chi connectivity index (χ3n) is 0.278. The summed E-state index contributed by atoms with van der Waals surface area (Å²) in [5.41, 5.74) is -0.420. The quantitative estimate of drug-likeness (QED) is 0.301. The third-order valence-corrected chi connectivity index (χ3v) is 2.01. The summed E-state index contributed by atoms with van der Waals surface area (Å²) >= 11 is 7.49. The molecular weight excluding hydrogens is 136 g/mol. The molecule has 0 aromatic carbocycles. The van der Waals surface area contributed by atoms with Crippen molar-refractivity contribution >= 4 is 35.1 Å². The molecule has 0 aromatic heterocycles. The lowest BCUT2D eigenvalue weighted by Gasteiger charge is -1.96. The van der Waals surface area contributed by atoms with E-state index in [1.807, 2.05) is 0 Å². The molecule has 0 bridgehead atoms. The van der Waals surface area contributed by atoms with Gasteiger partial charge < -0.3 is 5.11 Å². The first kappa shape index (κ1) is 7.01. The van der Waals surface area contributed by atoms with E-state index < -0.39 is 5.44 Å². The molecule has 1 atom stereocenters. The number of rotatable bonds is 2. The first-order valence-corrected chi connectivity index (χ1v) is 3.97. The maximum atomic E-state index is 8.48. The molecule has 0 saturated carbocycles. The molecule has 4 heteroatoms. The van der Waals surface area contributed by atoms with Crippen molar-refractivity contribution in [3.8, 4) is 0 Å². The summed E-state index contributed by atoms with van der Waals surface area (Å²) in [6.07, 6.45) is 0. The van der Waals surface area contributed by atoms with E-state index in [1.54, 1.807) is 0 Å². The lowest BCUT2D eigenvalue weighted by molar-refractivity contribution is 0.290. The van der Waals surface area contributed by atoms with E-state index in [1.165, 1.54) is 0 Å². The Kier molecular flexibility index (Phi) is 4.88. The average molecular weight is 142 g/mol. The van der Waals surface area contributed by atoms with Crippen molar-refractivity contribution < 1.29 is 5.11 Å². The second kappa shape index (κ2) is 4.18. The maximum Gasteiger partial charge on any atom is 0.118 e. The van der Waals surface area contributed by atoms with Gasteiger partial charge in [0.1, 0.15) is 5.44 Å². The molecule has 0 aromatic rings. The van der Waals surface area contributed by atoms with Crippen LogP contribution in [-0.2, 0) is 0 Å². The summed E-state index contributed by atoms with van der Waals surface area (Å²) < 4.78 is 0. The fourth-order valence-corrected chi connectivity index (χ4v) is 0.900. The molecular formula is C2H6OS3. The van der Waals surface area contributed by atoms with E-state index in [-0.39, 0.29) is 0 Å². The third kappa shape index (κ3) is 3.21. The Morgan fingerprint density at radius 1 is 1.83 bits per heavy atom. The summed E-state index contributed by atoms with van der Waals surface area (Å²) in [6.45, 7) is 0. The van der Waals surface area contributed by atoms with Crippen LogP contribution in [0.25, 0.3) is 0 Å². The van der Waals surface area contributed by atoms with Crippen molar-refractivity contribution in [2.45, 2.75) is 5.44 Å². The van der Waals surface area contributed by atoms with E-state index in [9.17, 15) is 0 Å². The van der Waals surface area contributed by atoms with Gasteiger partial charge in [-0.2, -0.15) is 12.6 Å². The Balaban J connectivity index is 2.75. The van der Waals surface area contributed by atoms with Crippen molar-refractivity contribution in [3.63, 3.8) is 0 Å². The van der Waals surface area contributed by atoms with Crippen LogP contribution in [0.1, 0.15) is 0 Å². The summed E-state index contributed by atoms with van der Waals surface area (Å²) in [7, 11) is 1.10. The van der Waals surface area contributed by atoms with E-state index >= 15 is 0 Å². The molecule has 0 aliphatic carbocycles. The molecule has 1 unspecified atom stereocenters. The Hall–Kier alpha value is 1.01. The number of hydrogen-bond acceptors (Lipinski definition) is 4. The molecule has 38 valence electrons. The zero-order chi connectivity index (χ0) is 4.99. The molecule has 0 amide bonds. The molecule has 0 saturated heterocycles. The highest BCUT2D eigenvalue weighted by Gasteiger charge is 1.93. The molecule has 6 heavy (non-hydrogen) atoms. The van der Waals surface area contributed by atoms with Crippen molar-refractivity contribution in [1.82, 2.24) is 0 Å². The lowest BCUT2D eigenvalue weighted by atomic mass is 10.9. The summed E-state index contributed by atoms with van der Waals surface area (Å²) in [5.74, 6) is 0.466. The Bertz CT molecular complexity index is 28.0. The van der Waals surface area contributed by atoms with Gasteiger partial charge in [-0.05, 0) is 0 Å². The maximum absolute atomic E-state index is 8.48. The monoisotopic (exact) mass is 142 g/mol. The molecule has 0 rings (SSSR count). The van der Waals surface area contributed by atoms with Crippen molar-refractivity contribution in [3.05, 3.63) is 0 Å². The van der Waals surface area contributed by atoms with Crippen LogP contribution in [0.2, 0.25) is 0 Å². The predicted molar refractivity (Wildman–Crippen MR) is 36.4 cm³/mol. The Morgan fingerprint density at radius 3 is 2.33 bits per heavy atom. The van der Waals surface area contributed by atoms with Crippen LogP contribution < -0.4 is 0 Å². The Morgan fingerprint density at radius 2 is 2.33 bits per heavy atom. The Labute approximate surface area is 51.7 Å². The van der Waals surface area contributed by atoms with Gasteiger partial charge in [0.2, 0.25) is 0 Å². The molecule has 0 heterocycles. The van der Waals surface area contributed by atoms with Gasteiger partial charge in [-0.25, -0.2) is 0 Å². The molecule has 0 aliphatic heterocycles. The van der Waals surface area contributed by atoms with Gasteiger partial charge >= 0.3 is 0 Å². The van der Waals surface area contributed by atoms with Crippen molar-refractivity contribution in [2.75, 3.05) is 5.75 Å². The first-order chi connectivity index (χ1) is 2.81. The van der Waals surface area contributed by atoms with Gasteiger partial charge in [-0.1, -0.05) is 10.8 Å². The van der Waals surface area contributed by atoms with Crippen LogP contribution in [0.15, 0.2) is 0 Å². The number of thiol groups is 2. The number of hydrogen-bond donors (Lipinski definition) is 3. The average Bonchev–Trinajstić information content (AvgIpc) is 1.65. The van der Waals surface area contributed by atoms with Gasteiger partial charge in [0.25, 0.3) is 0 Å². The minimum absolute atomic E-state index is 0.420. The molecule has 1 nitrogen and oxygen atoms in total. The fourth-order valence-electron chi connectivity index (χ4n) is 0.0333. The first-order valence-electron chi connectivity index (χ1n) is 1.40. The van der Waals surface area contributed by atoms with Crippen molar-refractivity contribution in [1.29, 1.82) is 0 Å². The van der Waals surface area contributed by atoms with E-state index in [4.69, 9.17) is 5.11 Å². The van der Waals surface area contributed by atoms with Gasteiger partial charge in [-0.15, -0.1) is 11.7 Å². The minimum Gasteiger partial charge on any atom is -0.381 e. The van der Waals surface area contributed by atoms with Crippen LogP contribution in [0.4, 0.5) is 0 Å². The fraction of sp³-hybridized carbons (Fsp3) is 1.00. The second-order valence-corrected chi connectivity index (χ2v) is 2.50. The number of aliphatic hydroxyl groups is 1. The van der Waals surface area contributed by atoms with Gasteiger partial charge in [0.05, 0.1) is 0 Å².